The van der Waals surface area contributed by atoms with Crippen molar-refractivity contribution in [1.29, 1.82) is 0 Å². The summed E-state index contributed by atoms with van der Waals surface area (Å²) in [7, 11) is 0. The van der Waals surface area contributed by atoms with Crippen molar-refractivity contribution in [2.24, 2.45) is 0 Å². The van der Waals surface area contributed by atoms with Crippen LogP contribution in [0.15, 0.2) is 48.5 Å². The Morgan fingerprint density at radius 2 is 1.56 bits per heavy atom. The molecule has 0 aliphatic rings. The number of para-hydroxylation sites is 1. The Labute approximate surface area is 157 Å². The predicted octanol–water partition coefficient (Wildman–Crippen LogP) is 3.23. The van der Waals surface area contributed by atoms with E-state index in [1.165, 1.54) is 12.1 Å². The van der Waals surface area contributed by atoms with Crippen molar-refractivity contribution >= 4 is 29.2 Å². The van der Waals surface area contributed by atoms with Crippen LogP contribution in [0.25, 0.3) is 0 Å². The van der Waals surface area contributed by atoms with Crippen LogP contribution in [0.3, 0.4) is 0 Å². The van der Waals surface area contributed by atoms with Crippen LogP contribution in [0, 0.1) is 0 Å². The average molecular weight is 370 g/mol. The number of esters is 1. The molecule has 27 heavy (non-hydrogen) atoms. The summed E-state index contributed by atoms with van der Waals surface area (Å²) in [6.45, 7) is 5.71. The second-order valence-electron chi connectivity index (χ2n) is 5.87. The molecule has 7 nitrogen and oxygen atoms in total. The van der Waals surface area contributed by atoms with Crippen molar-refractivity contribution in [1.82, 2.24) is 0 Å². The molecule has 0 fully saturated rings. The molecular weight excluding hydrogens is 348 g/mol. The molecule has 2 N–H and O–H groups in total. The van der Waals surface area contributed by atoms with Gasteiger partial charge in [-0.25, -0.2) is 4.79 Å². The Morgan fingerprint density at radius 3 is 2.19 bits per heavy atom. The minimum absolute atomic E-state index is 0.0377. The first-order valence-corrected chi connectivity index (χ1v) is 8.56. The highest BCUT2D eigenvalue weighted by Gasteiger charge is 2.18. The number of carbonyl (C=O) groups excluding carboxylic acids is 3. The van der Waals surface area contributed by atoms with Gasteiger partial charge in [-0.05, 0) is 57.2 Å². The van der Waals surface area contributed by atoms with E-state index in [9.17, 15) is 14.4 Å². The van der Waals surface area contributed by atoms with Gasteiger partial charge in [0.25, 0.3) is 0 Å². The first-order valence-electron chi connectivity index (χ1n) is 8.56. The largest absolute Gasteiger partial charge is 0.491 e. The summed E-state index contributed by atoms with van der Waals surface area (Å²) >= 11 is 0. The number of carbonyl (C=O) groups is 3. The molecule has 0 heterocycles. The minimum Gasteiger partial charge on any atom is -0.491 e. The first kappa shape index (κ1) is 20.0. The third kappa shape index (κ3) is 5.85. The summed E-state index contributed by atoms with van der Waals surface area (Å²) < 4.78 is 10.5. The van der Waals surface area contributed by atoms with Crippen LogP contribution in [0.2, 0.25) is 0 Å². The predicted molar refractivity (Wildman–Crippen MR) is 102 cm³/mol. The van der Waals surface area contributed by atoms with E-state index in [0.717, 1.165) is 0 Å². The van der Waals surface area contributed by atoms with E-state index >= 15 is 0 Å². The van der Waals surface area contributed by atoms with Crippen LogP contribution < -0.4 is 15.4 Å². The number of amides is 2. The van der Waals surface area contributed by atoms with E-state index < -0.39 is 17.8 Å². The van der Waals surface area contributed by atoms with Gasteiger partial charge in [-0.15, -0.1) is 0 Å². The second kappa shape index (κ2) is 9.38. The Morgan fingerprint density at radius 1 is 0.926 bits per heavy atom. The van der Waals surface area contributed by atoms with Crippen LogP contribution in [-0.4, -0.2) is 30.5 Å². The third-order valence-corrected chi connectivity index (χ3v) is 3.36. The molecule has 0 atom stereocenters. The van der Waals surface area contributed by atoms with E-state index in [-0.39, 0.29) is 24.0 Å². The SMILES string of the molecule is CCOC(=O)c1ccccc1NC(=O)C(=O)Nc1ccc(OC(C)C)cc1. The van der Waals surface area contributed by atoms with Crippen LogP contribution in [-0.2, 0) is 14.3 Å². The fourth-order valence-electron chi connectivity index (χ4n) is 2.23. The van der Waals surface area contributed by atoms with Crippen LogP contribution in [0.1, 0.15) is 31.1 Å². The first-order chi connectivity index (χ1) is 12.9. The maximum absolute atomic E-state index is 12.2. The molecule has 2 aromatic carbocycles. The average Bonchev–Trinajstić information content (AvgIpc) is 2.63. The molecule has 0 radical (unpaired) electrons. The van der Waals surface area contributed by atoms with Crippen molar-refractivity contribution < 1.29 is 23.9 Å². The lowest BCUT2D eigenvalue weighted by atomic mass is 10.2. The lowest BCUT2D eigenvalue weighted by Crippen LogP contribution is -2.29. The van der Waals surface area contributed by atoms with E-state index in [4.69, 9.17) is 9.47 Å². The Balaban J connectivity index is 2.02. The maximum atomic E-state index is 12.2. The van der Waals surface area contributed by atoms with Gasteiger partial charge < -0.3 is 20.1 Å². The van der Waals surface area contributed by atoms with Gasteiger partial charge in [0.1, 0.15) is 5.75 Å². The molecule has 2 aromatic rings. The molecule has 142 valence electrons. The summed E-state index contributed by atoms with van der Waals surface area (Å²) in [5.74, 6) is -1.66. The quantitative estimate of drug-likeness (QED) is 0.601. The Kier molecular flexibility index (Phi) is 6.93. The third-order valence-electron chi connectivity index (χ3n) is 3.36. The number of ether oxygens (including phenoxy) is 2. The van der Waals surface area contributed by atoms with Crippen molar-refractivity contribution in [2.75, 3.05) is 17.2 Å². The van der Waals surface area contributed by atoms with Gasteiger partial charge in [-0.3, -0.25) is 9.59 Å². The molecule has 0 spiro atoms. The smallest absolute Gasteiger partial charge is 0.340 e. The van der Waals surface area contributed by atoms with Crippen LogP contribution in [0.4, 0.5) is 11.4 Å². The topological polar surface area (TPSA) is 93.7 Å². The second-order valence-corrected chi connectivity index (χ2v) is 5.87. The fourth-order valence-corrected chi connectivity index (χ4v) is 2.23. The van der Waals surface area contributed by atoms with Crippen LogP contribution in [0.5, 0.6) is 5.75 Å². The zero-order valence-corrected chi connectivity index (χ0v) is 15.4. The lowest BCUT2D eigenvalue weighted by Gasteiger charge is -2.11. The molecule has 0 aromatic heterocycles. The summed E-state index contributed by atoms with van der Waals surface area (Å²) in [6.07, 6.45) is 0.0377. The van der Waals surface area contributed by atoms with E-state index in [1.54, 1.807) is 43.3 Å². The highest BCUT2D eigenvalue weighted by molar-refractivity contribution is 6.43. The van der Waals surface area contributed by atoms with Gasteiger partial charge in [0.05, 0.1) is 24.0 Å². The highest BCUT2D eigenvalue weighted by Crippen LogP contribution is 2.18. The van der Waals surface area contributed by atoms with Crippen molar-refractivity contribution in [3.05, 3.63) is 54.1 Å². The van der Waals surface area contributed by atoms with Gasteiger partial charge in [0, 0.05) is 5.69 Å². The lowest BCUT2D eigenvalue weighted by molar-refractivity contribution is -0.133. The zero-order chi connectivity index (χ0) is 19.8. The van der Waals surface area contributed by atoms with Crippen molar-refractivity contribution in [3.63, 3.8) is 0 Å². The standard InChI is InChI=1S/C20H22N2O5/c1-4-26-20(25)16-7-5-6-8-17(16)22-19(24)18(23)21-14-9-11-15(12-10-14)27-13(2)3/h5-13H,4H2,1-3H3,(H,21,23)(H,22,24). The highest BCUT2D eigenvalue weighted by atomic mass is 16.5. The molecule has 2 rings (SSSR count). The van der Waals surface area contributed by atoms with Crippen molar-refractivity contribution in [3.8, 4) is 5.75 Å². The number of anilines is 2. The molecule has 0 saturated carbocycles. The van der Waals surface area contributed by atoms with E-state index in [1.807, 2.05) is 13.8 Å². The molecule has 7 heteroatoms. The Hall–Kier alpha value is -3.35. The molecule has 2 amide bonds. The van der Waals surface area contributed by atoms with Gasteiger partial charge >= 0.3 is 17.8 Å². The summed E-state index contributed by atoms with van der Waals surface area (Å²) in [5.41, 5.74) is 0.831. The number of hydrogen-bond acceptors (Lipinski definition) is 5. The number of rotatable bonds is 6. The maximum Gasteiger partial charge on any atom is 0.340 e. The number of hydrogen-bond donors (Lipinski definition) is 2. The van der Waals surface area contributed by atoms with Crippen LogP contribution >= 0.6 is 0 Å². The molecule has 0 unspecified atom stereocenters. The monoisotopic (exact) mass is 370 g/mol. The zero-order valence-electron chi connectivity index (χ0n) is 15.4. The molecule has 0 saturated heterocycles. The summed E-state index contributed by atoms with van der Waals surface area (Å²) in [6, 6.07) is 13.0. The van der Waals surface area contributed by atoms with Gasteiger partial charge in [0.15, 0.2) is 0 Å². The molecule has 0 aliphatic heterocycles. The van der Waals surface area contributed by atoms with E-state index in [0.29, 0.717) is 11.4 Å². The van der Waals surface area contributed by atoms with Gasteiger partial charge in [-0.2, -0.15) is 0 Å². The van der Waals surface area contributed by atoms with E-state index in [2.05, 4.69) is 10.6 Å². The number of nitrogens with one attached hydrogen (secondary N) is 2. The van der Waals surface area contributed by atoms with Gasteiger partial charge in [-0.1, -0.05) is 12.1 Å². The summed E-state index contributed by atoms with van der Waals surface area (Å²) in [4.78, 5) is 36.2. The minimum atomic E-state index is -0.894. The van der Waals surface area contributed by atoms with Crippen molar-refractivity contribution in [2.45, 2.75) is 26.9 Å². The summed E-state index contributed by atoms with van der Waals surface area (Å²) in [5, 5.41) is 4.92. The molecule has 0 bridgehead atoms. The number of benzene rings is 2. The van der Waals surface area contributed by atoms with Gasteiger partial charge in [0.2, 0.25) is 0 Å². The Bertz CT molecular complexity index is 815. The fraction of sp³-hybridized carbons (Fsp3) is 0.250. The molecule has 0 aliphatic carbocycles. The molecular formula is C20H22N2O5. The normalized spacial score (nSPS) is 10.2.